The monoisotopic (exact) mass is 377 g/mol. The Balaban J connectivity index is 0.00000338. The standard InChI is InChI=1S/C19H23N3O3.ClH/c1-2-16-8-9-17(14-18(16)22(24)25)19(23)21(13-11-20)12-10-15-6-4-3-5-7-15;/h3-9,14H,2,10-13,20H2,1H3;1H. The lowest BCUT2D eigenvalue weighted by molar-refractivity contribution is -0.385. The molecule has 0 bridgehead atoms. The van der Waals surface area contributed by atoms with E-state index in [0.717, 1.165) is 5.56 Å². The fourth-order valence-corrected chi connectivity index (χ4v) is 2.73. The van der Waals surface area contributed by atoms with Crippen LogP contribution >= 0.6 is 12.4 Å². The van der Waals surface area contributed by atoms with Gasteiger partial charge in [-0.15, -0.1) is 12.4 Å². The number of nitro groups is 1. The third-order valence-electron chi connectivity index (χ3n) is 4.11. The van der Waals surface area contributed by atoms with Gasteiger partial charge in [-0.05, 0) is 24.5 Å². The fraction of sp³-hybridized carbons (Fsp3) is 0.316. The zero-order valence-corrected chi connectivity index (χ0v) is 15.6. The number of aryl methyl sites for hydroxylation is 1. The molecule has 6 nitrogen and oxygen atoms in total. The first-order chi connectivity index (χ1) is 12.1. The molecule has 0 atom stereocenters. The van der Waals surface area contributed by atoms with Crippen LogP contribution in [-0.2, 0) is 12.8 Å². The number of nitrogens with zero attached hydrogens (tertiary/aromatic N) is 2. The minimum absolute atomic E-state index is 0. The molecule has 2 rings (SSSR count). The average Bonchev–Trinajstić information content (AvgIpc) is 2.64. The summed E-state index contributed by atoms with van der Waals surface area (Å²) in [5, 5.41) is 11.2. The minimum atomic E-state index is -0.438. The van der Waals surface area contributed by atoms with Gasteiger partial charge in [-0.3, -0.25) is 14.9 Å². The molecular formula is C19H24ClN3O3. The highest BCUT2D eigenvalue weighted by molar-refractivity contribution is 5.95. The lowest BCUT2D eigenvalue weighted by Crippen LogP contribution is -2.37. The number of nitro benzene ring substituents is 1. The van der Waals surface area contributed by atoms with Crippen LogP contribution in [-0.4, -0.2) is 35.4 Å². The van der Waals surface area contributed by atoms with Crippen molar-refractivity contribution in [2.45, 2.75) is 19.8 Å². The lowest BCUT2D eigenvalue weighted by atomic mass is 10.1. The molecule has 26 heavy (non-hydrogen) atoms. The van der Waals surface area contributed by atoms with Gasteiger partial charge in [-0.1, -0.05) is 43.3 Å². The number of amides is 1. The average molecular weight is 378 g/mol. The van der Waals surface area contributed by atoms with Crippen LogP contribution in [0.3, 0.4) is 0 Å². The van der Waals surface area contributed by atoms with Crippen molar-refractivity contribution in [1.82, 2.24) is 4.90 Å². The van der Waals surface area contributed by atoms with Crippen LogP contribution in [0.1, 0.15) is 28.4 Å². The van der Waals surface area contributed by atoms with E-state index < -0.39 is 4.92 Å². The van der Waals surface area contributed by atoms with Gasteiger partial charge >= 0.3 is 0 Å². The third kappa shape index (κ3) is 5.54. The van der Waals surface area contributed by atoms with Crippen LogP contribution in [0.4, 0.5) is 5.69 Å². The quantitative estimate of drug-likeness (QED) is 0.565. The third-order valence-corrected chi connectivity index (χ3v) is 4.11. The highest BCUT2D eigenvalue weighted by Crippen LogP contribution is 2.22. The molecule has 2 N–H and O–H groups in total. The van der Waals surface area contributed by atoms with Crippen molar-refractivity contribution in [3.05, 3.63) is 75.3 Å². The van der Waals surface area contributed by atoms with E-state index in [-0.39, 0.29) is 24.0 Å². The van der Waals surface area contributed by atoms with Gasteiger partial charge < -0.3 is 10.6 Å². The molecule has 2 aromatic carbocycles. The van der Waals surface area contributed by atoms with E-state index in [9.17, 15) is 14.9 Å². The summed E-state index contributed by atoms with van der Waals surface area (Å²) in [6.07, 6.45) is 1.26. The van der Waals surface area contributed by atoms with E-state index in [1.165, 1.54) is 6.07 Å². The first kappa shape index (κ1) is 21.6. The molecule has 1 amide bonds. The molecule has 0 saturated carbocycles. The van der Waals surface area contributed by atoms with Crippen LogP contribution in [0.2, 0.25) is 0 Å². The van der Waals surface area contributed by atoms with Gasteiger partial charge in [-0.2, -0.15) is 0 Å². The molecule has 140 valence electrons. The molecule has 0 aliphatic carbocycles. The summed E-state index contributed by atoms with van der Waals surface area (Å²) in [7, 11) is 0. The second-order valence-corrected chi connectivity index (χ2v) is 5.77. The summed E-state index contributed by atoms with van der Waals surface area (Å²) in [5.74, 6) is -0.230. The summed E-state index contributed by atoms with van der Waals surface area (Å²) in [6.45, 7) is 3.12. The van der Waals surface area contributed by atoms with E-state index in [1.54, 1.807) is 17.0 Å². The maximum Gasteiger partial charge on any atom is 0.273 e. The molecule has 2 aromatic rings. The van der Waals surface area contributed by atoms with E-state index in [0.29, 0.717) is 43.6 Å². The summed E-state index contributed by atoms with van der Waals surface area (Å²) < 4.78 is 0. The van der Waals surface area contributed by atoms with Gasteiger partial charge in [0.25, 0.3) is 11.6 Å². The Morgan fingerprint density at radius 2 is 1.85 bits per heavy atom. The maximum absolute atomic E-state index is 12.8. The fourth-order valence-electron chi connectivity index (χ4n) is 2.73. The van der Waals surface area contributed by atoms with Crippen LogP contribution in [0.5, 0.6) is 0 Å². The van der Waals surface area contributed by atoms with E-state index in [4.69, 9.17) is 5.73 Å². The minimum Gasteiger partial charge on any atom is -0.337 e. The zero-order valence-electron chi connectivity index (χ0n) is 14.8. The van der Waals surface area contributed by atoms with Gasteiger partial charge in [0.15, 0.2) is 0 Å². The van der Waals surface area contributed by atoms with Crippen LogP contribution in [0, 0.1) is 10.1 Å². The van der Waals surface area contributed by atoms with Gasteiger partial charge in [0.1, 0.15) is 0 Å². The smallest absolute Gasteiger partial charge is 0.273 e. The first-order valence-corrected chi connectivity index (χ1v) is 8.37. The summed E-state index contributed by atoms with van der Waals surface area (Å²) in [4.78, 5) is 25.2. The molecule has 0 aromatic heterocycles. The largest absolute Gasteiger partial charge is 0.337 e. The second-order valence-electron chi connectivity index (χ2n) is 5.77. The molecule has 0 saturated heterocycles. The van der Waals surface area contributed by atoms with Gasteiger partial charge in [0.2, 0.25) is 0 Å². The predicted octanol–water partition coefficient (Wildman–Crippen LogP) is 3.22. The van der Waals surface area contributed by atoms with Crippen molar-refractivity contribution in [3.63, 3.8) is 0 Å². The van der Waals surface area contributed by atoms with Crippen LogP contribution < -0.4 is 5.73 Å². The van der Waals surface area contributed by atoms with Gasteiger partial charge in [0, 0.05) is 36.8 Å². The highest BCUT2D eigenvalue weighted by Gasteiger charge is 2.20. The highest BCUT2D eigenvalue weighted by atomic mass is 35.5. The molecule has 0 aliphatic rings. The first-order valence-electron chi connectivity index (χ1n) is 8.37. The van der Waals surface area contributed by atoms with Crippen molar-refractivity contribution in [2.75, 3.05) is 19.6 Å². The number of carbonyl (C=O) groups excluding carboxylic acids is 1. The van der Waals surface area contributed by atoms with Gasteiger partial charge in [0.05, 0.1) is 4.92 Å². The van der Waals surface area contributed by atoms with Crippen molar-refractivity contribution in [2.24, 2.45) is 5.73 Å². The number of halogens is 1. The van der Waals surface area contributed by atoms with Crippen molar-refractivity contribution >= 4 is 24.0 Å². The molecule has 0 spiro atoms. The normalized spacial score (nSPS) is 10.1. The number of benzene rings is 2. The molecule has 0 radical (unpaired) electrons. The van der Waals surface area contributed by atoms with Gasteiger partial charge in [-0.25, -0.2) is 0 Å². The number of carbonyl (C=O) groups is 1. The Labute approximate surface area is 159 Å². The number of rotatable bonds is 8. The molecular weight excluding hydrogens is 354 g/mol. The Morgan fingerprint density at radius 1 is 1.15 bits per heavy atom. The lowest BCUT2D eigenvalue weighted by Gasteiger charge is -2.22. The molecule has 0 heterocycles. The Morgan fingerprint density at radius 3 is 2.42 bits per heavy atom. The summed E-state index contributed by atoms with van der Waals surface area (Å²) in [6, 6.07) is 14.5. The molecule has 7 heteroatoms. The van der Waals surface area contributed by atoms with E-state index >= 15 is 0 Å². The van der Waals surface area contributed by atoms with Crippen LogP contribution in [0.25, 0.3) is 0 Å². The number of hydrogen-bond donors (Lipinski definition) is 1. The summed E-state index contributed by atoms with van der Waals surface area (Å²) in [5.41, 5.74) is 7.70. The Bertz CT molecular complexity index is 738. The van der Waals surface area contributed by atoms with Crippen molar-refractivity contribution < 1.29 is 9.72 Å². The number of hydrogen-bond acceptors (Lipinski definition) is 4. The zero-order chi connectivity index (χ0) is 18.2. The van der Waals surface area contributed by atoms with Crippen molar-refractivity contribution in [3.8, 4) is 0 Å². The van der Waals surface area contributed by atoms with E-state index in [1.807, 2.05) is 37.3 Å². The maximum atomic E-state index is 12.8. The Kier molecular flexibility index (Phi) is 8.75. The van der Waals surface area contributed by atoms with E-state index in [2.05, 4.69) is 0 Å². The van der Waals surface area contributed by atoms with Crippen molar-refractivity contribution in [1.29, 1.82) is 0 Å². The number of nitrogens with two attached hydrogens (primary N) is 1. The molecule has 0 fully saturated rings. The van der Waals surface area contributed by atoms with Crippen LogP contribution in [0.15, 0.2) is 48.5 Å². The second kappa shape index (κ2) is 10.5. The molecule has 0 unspecified atom stereocenters. The Hall–Kier alpha value is -2.44. The predicted molar refractivity (Wildman–Crippen MR) is 105 cm³/mol. The molecule has 0 aliphatic heterocycles. The topological polar surface area (TPSA) is 89.5 Å². The SMILES string of the molecule is CCc1ccc(C(=O)N(CCN)CCc2ccccc2)cc1[N+](=O)[O-].Cl. The summed E-state index contributed by atoms with van der Waals surface area (Å²) >= 11 is 0.